The Morgan fingerprint density at radius 3 is 2.72 bits per heavy atom. The Morgan fingerprint density at radius 1 is 1.33 bits per heavy atom. The van der Waals surface area contributed by atoms with Gasteiger partial charge in [0.1, 0.15) is 0 Å². The summed E-state index contributed by atoms with van der Waals surface area (Å²) in [6.45, 7) is 2.11. The van der Waals surface area contributed by atoms with Crippen molar-refractivity contribution in [1.82, 2.24) is 0 Å². The second-order valence-electron chi connectivity index (χ2n) is 5.44. The molecule has 1 aliphatic carbocycles. The lowest BCUT2D eigenvalue weighted by Gasteiger charge is -2.27. The molecule has 0 N–H and O–H groups in total. The summed E-state index contributed by atoms with van der Waals surface area (Å²) in [7, 11) is 1.50. The van der Waals surface area contributed by atoms with Gasteiger partial charge in [0.15, 0.2) is 0 Å². The molecule has 0 spiro atoms. The molecule has 0 radical (unpaired) electrons. The smallest absolute Gasteiger partial charge is 0.311 e. The van der Waals surface area contributed by atoms with Gasteiger partial charge in [-0.15, -0.1) is 0 Å². The van der Waals surface area contributed by atoms with Crippen LogP contribution in [0.4, 0.5) is 0 Å². The zero-order valence-corrected chi connectivity index (χ0v) is 11.3. The highest BCUT2D eigenvalue weighted by Gasteiger charge is 2.41. The largest absolute Gasteiger partial charge is 0.469 e. The first-order valence-electron chi connectivity index (χ1n) is 7.05. The number of esters is 1. The number of rotatable bonds is 5. The van der Waals surface area contributed by atoms with E-state index in [2.05, 4.69) is 0 Å². The first-order chi connectivity index (χ1) is 8.77. The average Bonchev–Trinajstić information content (AvgIpc) is 2.89. The first kappa shape index (κ1) is 13.8. The van der Waals surface area contributed by atoms with Gasteiger partial charge in [-0.1, -0.05) is 12.8 Å². The lowest BCUT2D eigenvalue weighted by molar-refractivity contribution is -0.153. The molecule has 0 bridgehead atoms. The summed E-state index contributed by atoms with van der Waals surface area (Å²) in [5.41, 5.74) is -0.204. The summed E-state index contributed by atoms with van der Waals surface area (Å²) >= 11 is 0. The predicted octanol–water partition coefficient (Wildman–Crippen LogP) is 2.31. The molecule has 2 rings (SSSR count). The minimum atomic E-state index is -0.204. The third kappa shape index (κ3) is 3.23. The summed E-state index contributed by atoms with van der Waals surface area (Å²) in [4.78, 5) is 11.9. The summed E-state index contributed by atoms with van der Waals surface area (Å²) < 4.78 is 16.0. The van der Waals surface area contributed by atoms with E-state index >= 15 is 0 Å². The van der Waals surface area contributed by atoms with Crippen LogP contribution in [-0.2, 0) is 19.0 Å². The van der Waals surface area contributed by atoms with Crippen LogP contribution < -0.4 is 0 Å². The Morgan fingerprint density at radius 2 is 2.11 bits per heavy atom. The molecule has 1 atom stereocenters. The molecule has 2 aliphatic rings. The fourth-order valence-electron chi connectivity index (χ4n) is 3.20. The van der Waals surface area contributed by atoms with E-state index in [1.807, 2.05) is 0 Å². The van der Waals surface area contributed by atoms with Crippen molar-refractivity contribution >= 4 is 5.97 Å². The van der Waals surface area contributed by atoms with E-state index in [4.69, 9.17) is 14.2 Å². The van der Waals surface area contributed by atoms with E-state index in [0.29, 0.717) is 19.8 Å². The van der Waals surface area contributed by atoms with E-state index in [9.17, 15) is 4.79 Å². The molecule has 2 fully saturated rings. The Labute approximate surface area is 109 Å². The maximum Gasteiger partial charge on any atom is 0.311 e. The van der Waals surface area contributed by atoms with Crippen LogP contribution >= 0.6 is 0 Å². The predicted molar refractivity (Wildman–Crippen MR) is 67.3 cm³/mol. The molecule has 0 amide bonds. The highest BCUT2D eigenvalue weighted by molar-refractivity contribution is 5.77. The van der Waals surface area contributed by atoms with Crippen molar-refractivity contribution in [2.45, 2.75) is 51.0 Å². The van der Waals surface area contributed by atoms with Gasteiger partial charge >= 0.3 is 5.97 Å². The standard InChI is InChI=1S/C14H24O4/c1-16-13(15)14(6-2-3-7-14)8-4-5-12-11-17-9-10-18-12/h12H,2-11H2,1H3. The lowest BCUT2D eigenvalue weighted by atomic mass is 9.81. The highest BCUT2D eigenvalue weighted by atomic mass is 16.6. The number of carbonyl (C=O) groups excluding carboxylic acids is 1. The molecule has 4 heteroatoms. The fraction of sp³-hybridized carbons (Fsp3) is 0.929. The topological polar surface area (TPSA) is 44.8 Å². The molecule has 1 saturated carbocycles. The van der Waals surface area contributed by atoms with Crippen molar-refractivity contribution in [3.8, 4) is 0 Å². The van der Waals surface area contributed by atoms with Gasteiger partial charge in [-0.05, 0) is 32.1 Å². The van der Waals surface area contributed by atoms with Gasteiger partial charge in [-0.2, -0.15) is 0 Å². The Kier molecular flexibility index (Phi) is 5.01. The van der Waals surface area contributed by atoms with Crippen molar-refractivity contribution < 1.29 is 19.0 Å². The van der Waals surface area contributed by atoms with Crippen LogP contribution in [0.15, 0.2) is 0 Å². The normalized spacial score (nSPS) is 27.1. The van der Waals surface area contributed by atoms with Gasteiger partial charge in [-0.25, -0.2) is 0 Å². The van der Waals surface area contributed by atoms with Crippen LogP contribution in [0.3, 0.4) is 0 Å². The number of hydrogen-bond acceptors (Lipinski definition) is 4. The maximum atomic E-state index is 11.9. The second kappa shape index (κ2) is 6.53. The van der Waals surface area contributed by atoms with E-state index in [-0.39, 0.29) is 17.5 Å². The van der Waals surface area contributed by atoms with Gasteiger partial charge in [0.05, 0.1) is 38.4 Å². The first-order valence-corrected chi connectivity index (χ1v) is 7.05. The summed E-state index contributed by atoms with van der Waals surface area (Å²) in [5, 5.41) is 0. The van der Waals surface area contributed by atoms with Gasteiger partial charge in [-0.3, -0.25) is 4.79 Å². The van der Waals surface area contributed by atoms with E-state index < -0.39 is 0 Å². The van der Waals surface area contributed by atoms with E-state index in [1.165, 1.54) is 7.11 Å². The number of methoxy groups -OCH3 is 1. The molecule has 0 aromatic heterocycles. The third-order valence-electron chi connectivity index (χ3n) is 4.25. The van der Waals surface area contributed by atoms with Crippen LogP contribution in [0.2, 0.25) is 0 Å². The monoisotopic (exact) mass is 256 g/mol. The number of hydrogen-bond donors (Lipinski definition) is 0. The summed E-state index contributed by atoms with van der Waals surface area (Å²) in [6, 6.07) is 0. The van der Waals surface area contributed by atoms with Gasteiger partial charge in [0, 0.05) is 0 Å². The molecule has 1 aliphatic heterocycles. The number of ether oxygens (including phenoxy) is 3. The molecular weight excluding hydrogens is 232 g/mol. The summed E-state index contributed by atoms with van der Waals surface area (Å²) in [6.07, 6.45) is 7.43. The average molecular weight is 256 g/mol. The zero-order chi connectivity index (χ0) is 12.8. The van der Waals surface area contributed by atoms with Crippen molar-refractivity contribution in [3.63, 3.8) is 0 Å². The molecule has 104 valence electrons. The van der Waals surface area contributed by atoms with Crippen LogP contribution in [0.1, 0.15) is 44.9 Å². The maximum absolute atomic E-state index is 11.9. The Hall–Kier alpha value is -0.610. The molecule has 1 saturated heterocycles. The van der Waals surface area contributed by atoms with E-state index in [1.54, 1.807) is 0 Å². The third-order valence-corrected chi connectivity index (χ3v) is 4.25. The summed E-state index contributed by atoms with van der Waals surface area (Å²) in [5.74, 6) is -0.0131. The molecule has 18 heavy (non-hydrogen) atoms. The van der Waals surface area contributed by atoms with Crippen LogP contribution in [0.25, 0.3) is 0 Å². The fourth-order valence-corrected chi connectivity index (χ4v) is 3.20. The van der Waals surface area contributed by atoms with E-state index in [0.717, 1.165) is 44.9 Å². The van der Waals surface area contributed by atoms with Crippen LogP contribution in [-0.4, -0.2) is 39.0 Å². The van der Waals surface area contributed by atoms with Gasteiger partial charge < -0.3 is 14.2 Å². The quantitative estimate of drug-likeness (QED) is 0.708. The SMILES string of the molecule is COC(=O)C1(CCCC2COCCO2)CCCC1. The van der Waals surface area contributed by atoms with Gasteiger partial charge in [0.25, 0.3) is 0 Å². The Balaban J connectivity index is 1.77. The zero-order valence-electron chi connectivity index (χ0n) is 11.3. The Bertz CT molecular complexity index is 265. The van der Waals surface area contributed by atoms with Crippen molar-refractivity contribution in [3.05, 3.63) is 0 Å². The molecular formula is C14H24O4. The molecule has 1 unspecified atom stereocenters. The van der Waals surface area contributed by atoms with Gasteiger partial charge in [0.2, 0.25) is 0 Å². The minimum Gasteiger partial charge on any atom is -0.469 e. The molecule has 4 nitrogen and oxygen atoms in total. The molecule has 0 aromatic carbocycles. The minimum absolute atomic E-state index is 0.0131. The second-order valence-corrected chi connectivity index (χ2v) is 5.44. The lowest BCUT2D eigenvalue weighted by Crippen LogP contribution is -2.31. The van der Waals surface area contributed by atoms with Crippen molar-refractivity contribution in [2.75, 3.05) is 26.9 Å². The highest BCUT2D eigenvalue weighted by Crippen LogP contribution is 2.43. The van der Waals surface area contributed by atoms with Crippen molar-refractivity contribution in [1.29, 1.82) is 0 Å². The number of carbonyl (C=O) groups is 1. The van der Waals surface area contributed by atoms with Crippen LogP contribution in [0.5, 0.6) is 0 Å². The molecule has 1 heterocycles. The molecule has 0 aromatic rings. The van der Waals surface area contributed by atoms with Crippen molar-refractivity contribution in [2.24, 2.45) is 5.41 Å². The van der Waals surface area contributed by atoms with Crippen LogP contribution in [0, 0.1) is 5.41 Å².